The summed E-state index contributed by atoms with van der Waals surface area (Å²) < 4.78 is 0. The summed E-state index contributed by atoms with van der Waals surface area (Å²) in [5.41, 5.74) is -0.663. The Morgan fingerprint density at radius 3 is 2.45 bits per heavy atom. The van der Waals surface area contributed by atoms with E-state index in [1.807, 2.05) is 13.8 Å². The summed E-state index contributed by atoms with van der Waals surface area (Å²) in [7, 11) is 0. The first kappa shape index (κ1) is 10.1. The van der Waals surface area contributed by atoms with Crippen LogP contribution in [-0.4, -0.2) is 11.6 Å². The maximum Gasteiger partial charge on any atom is 0.161 e. The van der Waals surface area contributed by atoms with Gasteiger partial charge in [0.05, 0.1) is 12.1 Å². The fraction of sp³-hybridized carbons (Fsp3) is 0.875. The van der Waals surface area contributed by atoms with Crippen molar-refractivity contribution in [1.82, 2.24) is 0 Å². The number of nitrogens with zero attached hydrogens (tertiary/aromatic N) is 3. The van der Waals surface area contributed by atoms with Gasteiger partial charge in [0, 0.05) is 0 Å². The summed E-state index contributed by atoms with van der Waals surface area (Å²) in [6.07, 6.45) is 0.963. The molecule has 62 valence electrons. The molecule has 0 aromatic heterocycles. The molecule has 0 N–H and O–H groups in total. The third-order valence-electron chi connectivity index (χ3n) is 1.37. The molecule has 3 heteroatoms. The van der Waals surface area contributed by atoms with Gasteiger partial charge in [0.25, 0.3) is 0 Å². The van der Waals surface area contributed by atoms with Crippen LogP contribution in [0.25, 0.3) is 0 Å². The van der Waals surface area contributed by atoms with E-state index < -0.39 is 5.54 Å². The highest BCUT2D eigenvalue weighted by Gasteiger charge is 2.14. The summed E-state index contributed by atoms with van der Waals surface area (Å²) in [6, 6.07) is 2.28. The van der Waals surface area contributed by atoms with Crippen LogP contribution in [0.4, 0.5) is 0 Å². The number of azo groups is 1. The number of nitriles is 1. The Balaban J connectivity index is 4.04. The third kappa shape index (κ3) is 4.49. The quantitative estimate of drug-likeness (QED) is 0.575. The standard InChI is InChI=1S/C8H15N3/c1-5-7(2)10-11-8(3,4)6-9/h7H,5H2,1-4H3. The topological polar surface area (TPSA) is 48.5 Å². The Morgan fingerprint density at radius 2 is 2.09 bits per heavy atom. The normalized spacial score (nSPS) is 14.8. The van der Waals surface area contributed by atoms with Crippen molar-refractivity contribution in [3.63, 3.8) is 0 Å². The van der Waals surface area contributed by atoms with E-state index >= 15 is 0 Å². The van der Waals surface area contributed by atoms with E-state index in [0.717, 1.165) is 6.42 Å². The van der Waals surface area contributed by atoms with E-state index in [1.54, 1.807) is 13.8 Å². The molecule has 0 saturated heterocycles. The van der Waals surface area contributed by atoms with E-state index in [9.17, 15) is 0 Å². The molecule has 0 bridgehead atoms. The lowest BCUT2D eigenvalue weighted by atomic mass is 10.1. The average molecular weight is 153 g/mol. The van der Waals surface area contributed by atoms with Crippen LogP contribution in [-0.2, 0) is 0 Å². The van der Waals surface area contributed by atoms with E-state index in [-0.39, 0.29) is 6.04 Å². The monoisotopic (exact) mass is 153 g/mol. The average Bonchev–Trinajstić information content (AvgIpc) is 2.00. The lowest BCUT2D eigenvalue weighted by Crippen LogP contribution is -2.12. The van der Waals surface area contributed by atoms with Crippen LogP contribution >= 0.6 is 0 Å². The SMILES string of the molecule is CCC(C)N=NC(C)(C)C#N. The maximum atomic E-state index is 8.58. The zero-order valence-electron chi connectivity index (χ0n) is 7.63. The van der Waals surface area contributed by atoms with Crippen LogP contribution in [0, 0.1) is 11.3 Å². The molecule has 0 amide bonds. The van der Waals surface area contributed by atoms with Gasteiger partial charge in [-0.1, -0.05) is 6.92 Å². The van der Waals surface area contributed by atoms with Gasteiger partial charge in [-0.05, 0) is 27.2 Å². The van der Waals surface area contributed by atoms with Gasteiger partial charge < -0.3 is 0 Å². The summed E-state index contributed by atoms with van der Waals surface area (Å²) in [6.45, 7) is 7.53. The van der Waals surface area contributed by atoms with Gasteiger partial charge >= 0.3 is 0 Å². The molecule has 0 radical (unpaired) electrons. The van der Waals surface area contributed by atoms with Crippen molar-refractivity contribution in [3.05, 3.63) is 0 Å². The van der Waals surface area contributed by atoms with Gasteiger partial charge in [0.2, 0.25) is 0 Å². The van der Waals surface area contributed by atoms with Crippen molar-refractivity contribution in [2.75, 3.05) is 0 Å². The van der Waals surface area contributed by atoms with E-state index in [2.05, 4.69) is 16.3 Å². The fourth-order valence-electron chi connectivity index (χ4n) is 0.347. The van der Waals surface area contributed by atoms with Crippen LogP contribution in [0.5, 0.6) is 0 Å². The van der Waals surface area contributed by atoms with Gasteiger partial charge in [-0.2, -0.15) is 15.5 Å². The minimum absolute atomic E-state index is 0.225. The zero-order valence-corrected chi connectivity index (χ0v) is 7.63. The lowest BCUT2D eigenvalue weighted by Gasteiger charge is -2.07. The second-order valence-corrected chi connectivity index (χ2v) is 3.14. The van der Waals surface area contributed by atoms with Crippen molar-refractivity contribution < 1.29 is 0 Å². The molecule has 0 aliphatic rings. The van der Waals surface area contributed by atoms with Gasteiger partial charge in [-0.15, -0.1) is 0 Å². The van der Waals surface area contributed by atoms with Crippen LogP contribution in [0.1, 0.15) is 34.1 Å². The van der Waals surface area contributed by atoms with Crippen LogP contribution < -0.4 is 0 Å². The minimum Gasteiger partial charge on any atom is -0.196 e. The number of hydrogen-bond donors (Lipinski definition) is 0. The predicted molar refractivity (Wildman–Crippen MR) is 44.3 cm³/mol. The second-order valence-electron chi connectivity index (χ2n) is 3.14. The van der Waals surface area contributed by atoms with Crippen molar-refractivity contribution in [1.29, 1.82) is 5.26 Å². The molecule has 1 atom stereocenters. The highest BCUT2D eigenvalue weighted by Crippen LogP contribution is 2.09. The third-order valence-corrected chi connectivity index (χ3v) is 1.37. The van der Waals surface area contributed by atoms with Gasteiger partial charge in [-0.3, -0.25) is 0 Å². The predicted octanol–water partition coefficient (Wildman–Crippen LogP) is 2.54. The first-order valence-corrected chi connectivity index (χ1v) is 3.85. The van der Waals surface area contributed by atoms with Crippen molar-refractivity contribution in [2.45, 2.75) is 45.7 Å². The highest BCUT2D eigenvalue weighted by atomic mass is 15.2. The van der Waals surface area contributed by atoms with E-state index in [0.29, 0.717) is 0 Å². The minimum atomic E-state index is -0.663. The molecule has 0 rings (SSSR count). The molecule has 0 spiro atoms. The molecule has 0 aliphatic carbocycles. The molecular formula is C8H15N3. The van der Waals surface area contributed by atoms with E-state index in [4.69, 9.17) is 5.26 Å². The molecule has 0 aliphatic heterocycles. The van der Waals surface area contributed by atoms with Crippen LogP contribution in [0.2, 0.25) is 0 Å². The Morgan fingerprint density at radius 1 is 1.55 bits per heavy atom. The molecule has 0 aromatic carbocycles. The summed E-state index contributed by atoms with van der Waals surface area (Å²) in [5, 5.41) is 16.5. The largest absolute Gasteiger partial charge is 0.196 e. The highest BCUT2D eigenvalue weighted by molar-refractivity contribution is 4.99. The van der Waals surface area contributed by atoms with Gasteiger partial charge in [-0.25, -0.2) is 0 Å². The molecule has 0 saturated carbocycles. The first-order valence-electron chi connectivity index (χ1n) is 3.85. The summed E-state index contributed by atoms with van der Waals surface area (Å²) >= 11 is 0. The molecule has 3 nitrogen and oxygen atoms in total. The zero-order chi connectivity index (χ0) is 8.91. The van der Waals surface area contributed by atoms with E-state index in [1.165, 1.54) is 0 Å². The van der Waals surface area contributed by atoms with Gasteiger partial charge in [0.1, 0.15) is 0 Å². The Hall–Kier alpha value is -0.910. The molecule has 0 aromatic rings. The van der Waals surface area contributed by atoms with Crippen molar-refractivity contribution in [3.8, 4) is 6.07 Å². The summed E-state index contributed by atoms with van der Waals surface area (Å²) in [5.74, 6) is 0. The smallest absolute Gasteiger partial charge is 0.161 e. The molecule has 0 fully saturated rings. The molecule has 11 heavy (non-hydrogen) atoms. The lowest BCUT2D eigenvalue weighted by molar-refractivity contribution is 0.566. The van der Waals surface area contributed by atoms with Crippen molar-refractivity contribution in [2.24, 2.45) is 10.2 Å². The Bertz CT molecular complexity index is 176. The second kappa shape index (κ2) is 4.07. The fourth-order valence-corrected chi connectivity index (χ4v) is 0.347. The Labute approximate surface area is 68.1 Å². The maximum absolute atomic E-state index is 8.58. The van der Waals surface area contributed by atoms with Crippen LogP contribution in [0.15, 0.2) is 10.2 Å². The van der Waals surface area contributed by atoms with Crippen molar-refractivity contribution >= 4 is 0 Å². The molecule has 1 unspecified atom stereocenters. The van der Waals surface area contributed by atoms with Gasteiger partial charge in [0.15, 0.2) is 5.54 Å². The number of rotatable bonds is 3. The first-order chi connectivity index (χ1) is 5.02. The number of hydrogen-bond acceptors (Lipinski definition) is 3. The van der Waals surface area contributed by atoms with Crippen LogP contribution in [0.3, 0.4) is 0 Å². The summed E-state index contributed by atoms with van der Waals surface area (Å²) in [4.78, 5) is 0. The Kier molecular flexibility index (Phi) is 3.73. The molecule has 0 heterocycles. The molecular weight excluding hydrogens is 138 g/mol.